The standard InChI is InChI=1S/C16H24NO3SSi.3C4H9.Sn/c1-12-6-8-14(9-7-12)21(18,19)17-10-13(2)16(11-17)15(20-16)22(3,4)5;3*1-3-4-2;/h6-9,13,15H,2,10-11H2,1,3-5H3;3*1,3-4H2,2H3;/t13-,15+,16+;;;;/m1..../s1. The van der Waals surface area contributed by atoms with Gasteiger partial charge in [0.1, 0.15) is 0 Å². The summed E-state index contributed by atoms with van der Waals surface area (Å²) in [7, 11) is -5.05. The SMILES string of the molecule is CCC[CH2][Sn]([CH2]CCC)([CH2]CCC)[CH2][C@@H]1CN(S(=O)(=O)c2ccc(C)cc2)C[C@]12O[C@H]2[Si](C)(C)C. The first-order valence-electron chi connectivity index (χ1n) is 14.2. The van der Waals surface area contributed by atoms with Gasteiger partial charge in [0.15, 0.2) is 0 Å². The average molecular weight is 629 g/mol. The van der Waals surface area contributed by atoms with Crippen LogP contribution >= 0.6 is 0 Å². The topological polar surface area (TPSA) is 49.9 Å². The van der Waals surface area contributed by atoms with Crippen molar-refractivity contribution in [3.63, 3.8) is 0 Å². The minimum absolute atomic E-state index is 0.227. The molecule has 200 valence electrons. The Hall–Kier alpha value is 0.106. The quantitative estimate of drug-likeness (QED) is 0.159. The molecule has 3 rings (SSSR count). The molecular weight excluding hydrogens is 577 g/mol. The molecule has 0 N–H and O–H groups in total. The van der Waals surface area contributed by atoms with E-state index in [9.17, 15) is 8.42 Å². The molecule has 1 aromatic rings. The predicted molar refractivity (Wildman–Crippen MR) is 154 cm³/mol. The number of unbranched alkanes of at least 4 members (excludes halogenated alkanes) is 3. The number of sulfonamides is 1. The van der Waals surface area contributed by atoms with Gasteiger partial charge in [-0.15, -0.1) is 0 Å². The Morgan fingerprint density at radius 2 is 1.49 bits per heavy atom. The van der Waals surface area contributed by atoms with Crippen LogP contribution in [-0.4, -0.2) is 63.6 Å². The summed E-state index contributed by atoms with van der Waals surface area (Å²) in [6.07, 6.45) is 7.88. The van der Waals surface area contributed by atoms with Crippen molar-refractivity contribution in [3.05, 3.63) is 29.8 Å². The summed E-state index contributed by atoms with van der Waals surface area (Å²) >= 11 is -2.46. The van der Waals surface area contributed by atoms with Gasteiger partial charge < -0.3 is 0 Å². The molecule has 0 radical (unpaired) electrons. The van der Waals surface area contributed by atoms with Crippen LogP contribution < -0.4 is 0 Å². The van der Waals surface area contributed by atoms with E-state index in [1.165, 1.54) is 56.3 Å². The summed E-state index contributed by atoms with van der Waals surface area (Å²) in [6, 6.07) is 7.39. The second-order valence-electron chi connectivity index (χ2n) is 12.6. The Morgan fingerprint density at radius 3 is 1.91 bits per heavy atom. The van der Waals surface area contributed by atoms with Crippen molar-refractivity contribution in [2.45, 2.75) is 120 Å². The van der Waals surface area contributed by atoms with E-state index in [2.05, 4.69) is 40.4 Å². The van der Waals surface area contributed by atoms with Crippen LogP contribution in [0.15, 0.2) is 29.2 Å². The van der Waals surface area contributed by atoms with E-state index in [1.54, 1.807) is 16.4 Å². The van der Waals surface area contributed by atoms with Gasteiger partial charge in [-0.05, 0) is 0 Å². The Balaban J connectivity index is 1.94. The second-order valence-corrected chi connectivity index (χ2v) is 33.8. The predicted octanol–water partition coefficient (Wildman–Crippen LogP) is 7.48. The number of aryl methyl sites for hydroxylation is 1. The summed E-state index contributed by atoms with van der Waals surface area (Å²) in [6.45, 7) is 17.4. The molecule has 2 fully saturated rings. The van der Waals surface area contributed by atoms with Gasteiger partial charge in [-0.25, -0.2) is 0 Å². The van der Waals surface area contributed by atoms with E-state index in [1.807, 2.05) is 19.1 Å². The number of rotatable bonds is 14. The summed E-state index contributed by atoms with van der Waals surface area (Å²) in [5.74, 6) is 0.376. The third-order valence-electron chi connectivity index (χ3n) is 8.57. The van der Waals surface area contributed by atoms with Crippen LogP contribution in [0.4, 0.5) is 0 Å². The molecule has 7 heteroatoms. The molecule has 2 saturated heterocycles. The number of benzene rings is 1. The van der Waals surface area contributed by atoms with Crippen LogP contribution in [0, 0.1) is 12.8 Å². The number of hydrogen-bond acceptors (Lipinski definition) is 3. The van der Waals surface area contributed by atoms with E-state index in [0.29, 0.717) is 23.9 Å². The van der Waals surface area contributed by atoms with Crippen molar-refractivity contribution in [2.24, 2.45) is 5.92 Å². The van der Waals surface area contributed by atoms with Gasteiger partial charge in [-0.2, -0.15) is 0 Å². The molecule has 2 aliphatic heterocycles. The summed E-state index contributed by atoms with van der Waals surface area (Å²) < 4.78 is 41.7. The van der Waals surface area contributed by atoms with E-state index < -0.39 is 36.5 Å². The van der Waals surface area contributed by atoms with Gasteiger partial charge in [0.25, 0.3) is 0 Å². The zero-order chi connectivity index (χ0) is 25.9. The Kier molecular flexibility index (Phi) is 10.1. The van der Waals surface area contributed by atoms with Crippen LogP contribution in [0.5, 0.6) is 0 Å². The fourth-order valence-electron chi connectivity index (χ4n) is 6.53. The summed E-state index contributed by atoms with van der Waals surface area (Å²) in [5.41, 5.74) is 1.14. The van der Waals surface area contributed by atoms with Crippen molar-refractivity contribution in [2.75, 3.05) is 13.1 Å². The summed E-state index contributed by atoms with van der Waals surface area (Å²) in [5, 5.41) is 0. The Labute approximate surface area is 221 Å². The molecule has 0 amide bonds. The summed E-state index contributed by atoms with van der Waals surface area (Å²) in [4.78, 5) is 0.432. The first-order valence-corrected chi connectivity index (χ1v) is 27.3. The maximum atomic E-state index is 13.7. The third-order valence-corrected chi connectivity index (χ3v) is 28.6. The number of ether oxygens (including phenoxy) is 1. The van der Waals surface area contributed by atoms with Crippen LogP contribution in [0.3, 0.4) is 0 Å². The van der Waals surface area contributed by atoms with Gasteiger partial charge >= 0.3 is 223 Å². The van der Waals surface area contributed by atoms with E-state index in [4.69, 9.17) is 4.74 Å². The number of hydrogen-bond donors (Lipinski definition) is 0. The van der Waals surface area contributed by atoms with Crippen molar-refractivity contribution in [1.29, 1.82) is 0 Å². The molecule has 0 aromatic heterocycles. The van der Waals surface area contributed by atoms with Crippen molar-refractivity contribution in [3.8, 4) is 0 Å². The molecule has 0 bridgehead atoms. The molecule has 0 saturated carbocycles. The van der Waals surface area contributed by atoms with E-state index >= 15 is 0 Å². The van der Waals surface area contributed by atoms with Crippen LogP contribution in [0.2, 0.25) is 37.4 Å². The molecule has 2 heterocycles. The number of epoxide rings is 1. The molecular formula is C28H51NO3SSiSn. The van der Waals surface area contributed by atoms with Gasteiger partial charge in [-0.3, -0.25) is 0 Å². The number of nitrogens with zero attached hydrogens (tertiary/aromatic N) is 1. The molecule has 1 spiro atoms. The van der Waals surface area contributed by atoms with Crippen LogP contribution in [-0.2, 0) is 14.8 Å². The first kappa shape index (κ1) is 29.7. The van der Waals surface area contributed by atoms with Crippen LogP contribution in [0.1, 0.15) is 64.9 Å². The van der Waals surface area contributed by atoms with Crippen molar-refractivity contribution < 1.29 is 13.2 Å². The molecule has 1 aromatic carbocycles. The van der Waals surface area contributed by atoms with E-state index in [-0.39, 0.29) is 11.3 Å². The van der Waals surface area contributed by atoms with Crippen molar-refractivity contribution in [1.82, 2.24) is 4.31 Å². The fraction of sp³-hybridized carbons (Fsp3) is 0.786. The fourth-order valence-corrected chi connectivity index (χ4v) is 28.1. The average Bonchev–Trinajstić information content (AvgIpc) is 3.44. The van der Waals surface area contributed by atoms with Crippen LogP contribution in [0.25, 0.3) is 0 Å². The second kappa shape index (κ2) is 11.9. The molecule has 35 heavy (non-hydrogen) atoms. The molecule has 0 unspecified atom stereocenters. The maximum absolute atomic E-state index is 13.7. The molecule has 2 aliphatic rings. The Morgan fingerprint density at radius 1 is 0.971 bits per heavy atom. The first-order chi connectivity index (χ1) is 16.4. The van der Waals surface area contributed by atoms with Gasteiger partial charge in [0.2, 0.25) is 0 Å². The monoisotopic (exact) mass is 629 g/mol. The Bertz CT molecular complexity index is 909. The molecule has 0 aliphatic carbocycles. The van der Waals surface area contributed by atoms with Gasteiger partial charge in [-0.1, -0.05) is 0 Å². The van der Waals surface area contributed by atoms with Gasteiger partial charge in [0.05, 0.1) is 0 Å². The van der Waals surface area contributed by atoms with Gasteiger partial charge in [0, 0.05) is 0 Å². The minimum atomic E-state index is -3.50. The molecule has 3 atom stereocenters. The van der Waals surface area contributed by atoms with Crippen molar-refractivity contribution >= 4 is 36.5 Å². The normalized spacial score (nSPS) is 25.5. The third kappa shape index (κ3) is 6.76. The zero-order valence-corrected chi connectivity index (χ0v) is 28.2. The van der Waals surface area contributed by atoms with E-state index in [0.717, 1.165) is 5.56 Å². The molecule has 4 nitrogen and oxygen atoms in total. The zero-order valence-electron chi connectivity index (χ0n) is 23.5.